The Bertz CT molecular complexity index is 1040. The number of hydrogen-bond donors (Lipinski definition) is 1. The normalized spacial score (nSPS) is 22.4. The Labute approximate surface area is 195 Å². The first-order valence-electron chi connectivity index (χ1n) is 11.9. The van der Waals surface area contributed by atoms with Gasteiger partial charge in [0.2, 0.25) is 11.8 Å². The SMILES string of the molecule is CC(=O)Nc1cccc(-c2ccc(CC3CCN(C4CCC5(CC4)CC5)C3=O)c(Cl)c2)c1. The summed E-state index contributed by atoms with van der Waals surface area (Å²) >= 11 is 6.66. The van der Waals surface area contributed by atoms with Crippen LogP contribution < -0.4 is 5.32 Å². The minimum atomic E-state index is -0.0916. The van der Waals surface area contributed by atoms with Gasteiger partial charge in [-0.1, -0.05) is 35.9 Å². The molecule has 1 N–H and O–H groups in total. The molecule has 5 heteroatoms. The number of likely N-dealkylation sites (tertiary alicyclic amines) is 1. The summed E-state index contributed by atoms with van der Waals surface area (Å²) in [7, 11) is 0. The predicted octanol–water partition coefficient (Wildman–Crippen LogP) is 6.08. The highest BCUT2D eigenvalue weighted by Gasteiger charge is 2.47. The minimum Gasteiger partial charge on any atom is -0.339 e. The zero-order valence-electron chi connectivity index (χ0n) is 18.7. The quantitative estimate of drug-likeness (QED) is 0.600. The van der Waals surface area contributed by atoms with Gasteiger partial charge in [0, 0.05) is 36.1 Å². The summed E-state index contributed by atoms with van der Waals surface area (Å²) in [6.45, 7) is 2.40. The Kier molecular flexibility index (Phi) is 5.75. The number of carbonyl (C=O) groups is 2. The molecule has 1 saturated heterocycles. The number of carbonyl (C=O) groups excluding carboxylic acids is 2. The van der Waals surface area contributed by atoms with E-state index in [1.54, 1.807) is 0 Å². The molecule has 3 fully saturated rings. The Balaban J connectivity index is 1.24. The molecule has 0 aromatic heterocycles. The van der Waals surface area contributed by atoms with Gasteiger partial charge in [-0.25, -0.2) is 0 Å². The summed E-state index contributed by atoms with van der Waals surface area (Å²) in [6, 6.07) is 14.3. The monoisotopic (exact) mass is 450 g/mol. The zero-order valence-corrected chi connectivity index (χ0v) is 19.5. The van der Waals surface area contributed by atoms with Crippen molar-refractivity contribution in [1.82, 2.24) is 4.90 Å². The molecule has 0 bridgehead atoms. The van der Waals surface area contributed by atoms with E-state index in [-0.39, 0.29) is 11.8 Å². The third kappa shape index (κ3) is 4.43. The first kappa shape index (κ1) is 21.5. The van der Waals surface area contributed by atoms with Crippen LogP contribution in [0.5, 0.6) is 0 Å². The van der Waals surface area contributed by atoms with E-state index < -0.39 is 0 Å². The van der Waals surface area contributed by atoms with Crippen LogP contribution in [0.15, 0.2) is 42.5 Å². The van der Waals surface area contributed by atoms with Crippen LogP contribution in [-0.4, -0.2) is 29.3 Å². The van der Waals surface area contributed by atoms with Crippen LogP contribution in [0.3, 0.4) is 0 Å². The summed E-state index contributed by atoms with van der Waals surface area (Å²) in [6.07, 6.45) is 9.43. The topological polar surface area (TPSA) is 49.4 Å². The van der Waals surface area contributed by atoms with Crippen LogP contribution in [0.1, 0.15) is 57.4 Å². The van der Waals surface area contributed by atoms with E-state index in [0.29, 0.717) is 28.8 Å². The van der Waals surface area contributed by atoms with Crippen LogP contribution in [0.2, 0.25) is 5.02 Å². The molecule has 5 rings (SSSR count). The first-order chi connectivity index (χ1) is 15.4. The number of anilines is 1. The molecule has 1 unspecified atom stereocenters. The van der Waals surface area contributed by atoms with E-state index >= 15 is 0 Å². The van der Waals surface area contributed by atoms with Gasteiger partial charge in [0.1, 0.15) is 0 Å². The number of rotatable bonds is 5. The molecule has 4 nitrogen and oxygen atoms in total. The van der Waals surface area contributed by atoms with E-state index in [1.165, 1.54) is 45.4 Å². The van der Waals surface area contributed by atoms with Crippen LogP contribution in [0.25, 0.3) is 11.1 Å². The Hall–Kier alpha value is -2.33. The number of benzene rings is 2. The predicted molar refractivity (Wildman–Crippen MR) is 129 cm³/mol. The third-order valence-electron chi connectivity index (χ3n) is 7.80. The number of halogens is 1. The molecule has 1 aliphatic heterocycles. The summed E-state index contributed by atoms with van der Waals surface area (Å²) in [4.78, 5) is 26.7. The van der Waals surface area contributed by atoms with E-state index in [4.69, 9.17) is 11.6 Å². The fourth-order valence-electron chi connectivity index (χ4n) is 5.66. The molecule has 2 aromatic carbocycles. The lowest BCUT2D eigenvalue weighted by Gasteiger charge is -2.35. The van der Waals surface area contributed by atoms with Crippen molar-refractivity contribution in [2.24, 2.45) is 11.3 Å². The Morgan fingerprint density at radius 2 is 1.81 bits per heavy atom. The van der Waals surface area contributed by atoms with Crippen molar-refractivity contribution >= 4 is 29.1 Å². The molecule has 1 heterocycles. The highest BCUT2D eigenvalue weighted by Crippen LogP contribution is 2.56. The highest BCUT2D eigenvalue weighted by atomic mass is 35.5. The lowest BCUT2D eigenvalue weighted by atomic mass is 9.83. The van der Waals surface area contributed by atoms with Crippen molar-refractivity contribution in [3.8, 4) is 11.1 Å². The average molecular weight is 451 g/mol. The number of nitrogens with one attached hydrogen (secondary N) is 1. The highest BCUT2D eigenvalue weighted by molar-refractivity contribution is 6.31. The smallest absolute Gasteiger partial charge is 0.226 e. The second kappa shape index (κ2) is 8.55. The molecular weight excluding hydrogens is 420 g/mol. The summed E-state index contributed by atoms with van der Waals surface area (Å²) < 4.78 is 0. The number of nitrogens with zero attached hydrogens (tertiary/aromatic N) is 1. The average Bonchev–Trinajstić information content (AvgIpc) is 3.43. The molecule has 2 aliphatic carbocycles. The summed E-state index contributed by atoms with van der Waals surface area (Å²) in [5, 5.41) is 3.52. The molecule has 1 spiro atoms. The molecule has 168 valence electrons. The maximum atomic E-state index is 13.2. The van der Waals surface area contributed by atoms with Gasteiger partial charge in [0.05, 0.1) is 0 Å². The van der Waals surface area contributed by atoms with E-state index in [1.807, 2.05) is 30.3 Å². The molecule has 3 aliphatic rings. The maximum absolute atomic E-state index is 13.2. The van der Waals surface area contributed by atoms with Crippen molar-refractivity contribution in [1.29, 1.82) is 0 Å². The zero-order chi connectivity index (χ0) is 22.3. The Morgan fingerprint density at radius 3 is 2.50 bits per heavy atom. The minimum absolute atomic E-state index is 0.0401. The van der Waals surface area contributed by atoms with E-state index in [2.05, 4.69) is 22.3 Å². The second-order valence-electron chi connectivity index (χ2n) is 10.0. The number of hydrogen-bond acceptors (Lipinski definition) is 2. The van der Waals surface area contributed by atoms with Crippen LogP contribution in [-0.2, 0) is 16.0 Å². The lowest BCUT2D eigenvalue weighted by molar-refractivity contribution is -0.133. The molecular formula is C27H31ClN2O2. The fraction of sp³-hybridized carbons (Fsp3) is 0.481. The van der Waals surface area contributed by atoms with Crippen molar-refractivity contribution in [3.63, 3.8) is 0 Å². The molecule has 2 aromatic rings. The van der Waals surface area contributed by atoms with Gasteiger partial charge in [-0.3, -0.25) is 9.59 Å². The maximum Gasteiger partial charge on any atom is 0.226 e. The van der Waals surface area contributed by atoms with E-state index in [9.17, 15) is 9.59 Å². The van der Waals surface area contributed by atoms with Crippen molar-refractivity contribution < 1.29 is 9.59 Å². The summed E-state index contributed by atoms with van der Waals surface area (Å²) in [5.74, 6) is 0.272. The molecule has 2 amide bonds. The van der Waals surface area contributed by atoms with Crippen molar-refractivity contribution in [2.75, 3.05) is 11.9 Å². The largest absolute Gasteiger partial charge is 0.339 e. The van der Waals surface area contributed by atoms with Crippen LogP contribution >= 0.6 is 11.6 Å². The lowest BCUT2D eigenvalue weighted by Crippen LogP contribution is -2.40. The molecule has 1 atom stereocenters. The van der Waals surface area contributed by atoms with Gasteiger partial charge in [0.25, 0.3) is 0 Å². The molecule has 0 radical (unpaired) electrons. The second-order valence-corrected chi connectivity index (χ2v) is 10.4. The van der Waals surface area contributed by atoms with Crippen molar-refractivity contribution in [2.45, 2.75) is 64.3 Å². The van der Waals surface area contributed by atoms with Gasteiger partial charge >= 0.3 is 0 Å². The molecule has 32 heavy (non-hydrogen) atoms. The van der Waals surface area contributed by atoms with Gasteiger partial charge in [0.15, 0.2) is 0 Å². The third-order valence-corrected chi connectivity index (χ3v) is 8.15. The van der Waals surface area contributed by atoms with Gasteiger partial charge in [-0.05, 0) is 91.7 Å². The fourth-order valence-corrected chi connectivity index (χ4v) is 5.91. The first-order valence-corrected chi connectivity index (χ1v) is 12.3. The Morgan fingerprint density at radius 1 is 1.06 bits per heavy atom. The van der Waals surface area contributed by atoms with E-state index in [0.717, 1.165) is 35.3 Å². The van der Waals surface area contributed by atoms with Crippen molar-refractivity contribution in [3.05, 3.63) is 53.1 Å². The number of amides is 2. The van der Waals surface area contributed by atoms with Gasteiger partial charge in [-0.15, -0.1) is 0 Å². The van der Waals surface area contributed by atoms with Gasteiger partial charge in [-0.2, -0.15) is 0 Å². The van der Waals surface area contributed by atoms with Crippen LogP contribution in [0, 0.1) is 11.3 Å². The standard InChI is InChI=1S/C27H31ClN2O2/c1-18(31)29-23-4-2-3-19(16-23)20-5-6-21(25(28)17-20)15-22-9-14-30(26(22)32)24-7-10-27(11-8-24)12-13-27/h2-6,16-17,22,24H,7-15H2,1H3,(H,29,31). The van der Waals surface area contributed by atoms with Crippen LogP contribution in [0.4, 0.5) is 5.69 Å². The van der Waals surface area contributed by atoms with Gasteiger partial charge < -0.3 is 10.2 Å². The molecule has 2 saturated carbocycles. The summed E-state index contributed by atoms with van der Waals surface area (Å²) in [5.41, 5.74) is 4.46.